The monoisotopic (exact) mass is 533 g/mol. The van der Waals surface area contributed by atoms with Crippen LogP contribution in [0.5, 0.6) is 11.5 Å². The lowest BCUT2D eigenvalue weighted by Crippen LogP contribution is -2.40. The quantitative estimate of drug-likeness (QED) is 0.212. The first-order valence-corrected chi connectivity index (χ1v) is 13.1. The van der Waals surface area contributed by atoms with Gasteiger partial charge in [0, 0.05) is 24.4 Å². The van der Waals surface area contributed by atoms with Gasteiger partial charge in [0.1, 0.15) is 11.5 Å². The van der Waals surface area contributed by atoms with Crippen LogP contribution in [0.2, 0.25) is 0 Å². The molecule has 1 heterocycles. The summed E-state index contributed by atoms with van der Waals surface area (Å²) in [5, 5.41) is 16.1. The Kier molecular flexibility index (Phi) is 10.4. The van der Waals surface area contributed by atoms with E-state index < -0.39 is 0 Å². The summed E-state index contributed by atoms with van der Waals surface area (Å²) in [6.07, 6.45) is 1.88. The van der Waals surface area contributed by atoms with Crippen molar-refractivity contribution in [2.45, 2.75) is 38.1 Å². The number of fused-ring (bicyclic) bond motifs is 1. The zero-order chi connectivity index (χ0) is 25.3. The normalized spacial score (nSPS) is 17.2. The predicted molar refractivity (Wildman–Crippen MR) is 154 cm³/mol. The van der Waals surface area contributed by atoms with Crippen molar-refractivity contribution >= 4 is 23.2 Å². The maximum absolute atomic E-state index is 10.5. The fourth-order valence-electron chi connectivity index (χ4n) is 4.98. The lowest BCUT2D eigenvalue weighted by atomic mass is 9.87. The van der Waals surface area contributed by atoms with Crippen molar-refractivity contribution in [2.75, 3.05) is 26.3 Å². The molecule has 200 valence electrons. The van der Waals surface area contributed by atoms with Crippen molar-refractivity contribution in [2.24, 2.45) is 0 Å². The Balaban J connectivity index is 0.00000336. The lowest BCUT2D eigenvalue weighted by molar-refractivity contribution is 0.0104. The van der Waals surface area contributed by atoms with Crippen LogP contribution in [0.1, 0.15) is 35.4 Å². The van der Waals surface area contributed by atoms with E-state index in [1.165, 1.54) is 11.1 Å². The van der Waals surface area contributed by atoms with Gasteiger partial charge in [-0.2, -0.15) is 0 Å². The Labute approximate surface area is 231 Å². The number of phenolic OH excluding ortho intramolecular Hbond substituents is 1. The van der Waals surface area contributed by atoms with Crippen molar-refractivity contribution in [1.82, 2.24) is 5.32 Å². The first-order chi connectivity index (χ1) is 18.3. The van der Waals surface area contributed by atoms with Crippen LogP contribution in [-0.2, 0) is 22.7 Å². The average Bonchev–Trinajstić information content (AvgIpc) is 2.95. The van der Waals surface area contributed by atoms with Gasteiger partial charge in [0.15, 0.2) is 0 Å². The van der Waals surface area contributed by atoms with Crippen LogP contribution < -0.4 is 10.1 Å². The number of rotatable bonds is 11. The first kappa shape index (κ1) is 27.9. The van der Waals surface area contributed by atoms with E-state index >= 15 is 0 Å². The van der Waals surface area contributed by atoms with Crippen LogP contribution in [0.4, 0.5) is 0 Å². The highest BCUT2D eigenvalue weighted by Gasteiger charge is 2.27. The molecular weight excluding hydrogens is 498 g/mol. The van der Waals surface area contributed by atoms with Crippen LogP contribution in [-0.4, -0.2) is 37.5 Å². The van der Waals surface area contributed by atoms with E-state index in [-0.39, 0.29) is 24.3 Å². The van der Waals surface area contributed by atoms with Gasteiger partial charge in [-0.05, 0) is 53.1 Å². The molecule has 5 nitrogen and oxygen atoms in total. The van der Waals surface area contributed by atoms with E-state index in [9.17, 15) is 5.11 Å². The zero-order valence-electron chi connectivity index (χ0n) is 21.6. The molecule has 0 radical (unpaired) electrons. The number of hydrogen-bond donors (Lipinski definition) is 2. The highest BCUT2D eigenvalue weighted by molar-refractivity contribution is 5.87. The molecule has 6 heteroatoms. The molecule has 0 aliphatic carbocycles. The van der Waals surface area contributed by atoms with Crippen LogP contribution in [0.15, 0.2) is 91.0 Å². The molecule has 2 unspecified atom stereocenters. The molecule has 0 bridgehead atoms. The minimum absolute atomic E-state index is 0. The number of aromatic hydroxyl groups is 1. The minimum Gasteiger partial charge on any atom is -0.508 e. The Morgan fingerprint density at radius 1 is 0.816 bits per heavy atom. The van der Waals surface area contributed by atoms with Gasteiger partial charge in [0.25, 0.3) is 0 Å². The molecule has 0 aromatic heterocycles. The third-order valence-electron chi connectivity index (χ3n) is 7.01. The molecule has 4 aromatic carbocycles. The van der Waals surface area contributed by atoms with Crippen LogP contribution in [0, 0.1) is 0 Å². The van der Waals surface area contributed by atoms with Gasteiger partial charge in [-0.15, -0.1) is 12.4 Å². The molecular formula is C32H36ClNO4. The Bertz CT molecular complexity index is 1270. The maximum atomic E-state index is 10.5. The lowest BCUT2D eigenvalue weighted by Gasteiger charge is -2.32. The van der Waals surface area contributed by atoms with E-state index in [0.29, 0.717) is 32.3 Å². The third-order valence-corrected chi connectivity index (χ3v) is 7.01. The molecule has 1 saturated heterocycles. The summed E-state index contributed by atoms with van der Waals surface area (Å²) < 4.78 is 18.1. The van der Waals surface area contributed by atoms with E-state index in [1.54, 1.807) is 6.07 Å². The average molecular weight is 534 g/mol. The Hall–Kier alpha value is -3.09. The van der Waals surface area contributed by atoms with Gasteiger partial charge < -0.3 is 24.6 Å². The highest BCUT2D eigenvalue weighted by Crippen LogP contribution is 2.32. The molecule has 1 aliphatic rings. The van der Waals surface area contributed by atoms with Crippen molar-refractivity contribution in [3.63, 3.8) is 0 Å². The van der Waals surface area contributed by atoms with E-state index in [2.05, 4.69) is 47.8 Å². The van der Waals surface area contributed by atoms with Gasteiger partial charge in [-0.1, -0.05) is 72.8 Å². The maximum Gasteiger partial charge on any atom is 0.121 e. The first-order valence-electron chi connectivity index (χ1n) is 13.1. The van der Waals surface area contributed by atoms with E-state index in [4.69, 9.17) is 14.2 Å². The molecule has 2 N–H and O–H groups in total. The summed E-state index contributed by atoms with van der Waals surface area (Å²) in [6.45, 7) is 4.07. The molecule has 0 amide bonds. The van der Waals surface area contributed by atoms with Crippen LogP contribution in [0.3, 0.4) is 0 Å². The van der Waals surface area contributed by atoms with Gasteiger partial charge in [-0.25, -0.2) is 0 Å². The molecule has 5 rings (SSSR count). The van der Waals surface area contributed by atoms with Gasteiger partial charge in [0.05, 0.1) is 32.5 Å². The fraction of sp³-hybridized carbons (Fsp3) is 0.312. The third kappa shape index (κ3) is 7.27. The van der Waals surface area contributed by atoms with Gasteiger partial charge in [0.2, 0.25) is 0 Å². The number of hydrogen-bond acceptors (Lipinski definition) is 5. The molecule has 1 aliphatic heterocycles. The highest BCUT2D eigenvalue weighted by atomic mass is 35.5. The SMILES string of the molecule is Cl.Oc1ccc2ccccc2c1COC1CNCCC1c1ccc(OCCCOCc2ccccc2)cc1. The van der Waals surface area contributed by atoms with Crippen LogP contribution >= 0.6 is 12.4 Å². The number of phenols is 1. The number of ether oxygens (including phenoxy) is 3. The Morgan fingerprint density at radius 3 is 2.45 bits per heavy atom. The molecule has 4 aromatic rings. The summed E-state index contributed by atoms with van der Waals surface area (Å²) in [5.74, 6) is 1.45. The second kappa shape index (κ2) is 14.2. The second-order valence-electron chi connectivity index (χ2n) is 9.54. The summed E-state index contributed by atoms with van der Waals surface area (Å²) in [6, 6.07) is 30.4. The van der Waals surface area contributed by atoms with Crippen molar-refractivity contribution in [3.8, 4) is 11.5 Å². The Morgan fingerprint density at radius 2 is 1.61 bits per heavy atom. The number of nitrogens with one attached hydrogen (secondary N) is 1. The number of piperidine rings is 1. The number of benzene rings is 4. The van der Waals surface area contributed by atoms with E-state index in [1.807, 2.05) is 42.5 Å². The molecule has 0 spiro atoms. The summed E-state index contributed by atoms with van der Waals surface area (Å²) in [5.41, 5.74) is 3.29. The van der Waals surface area contributed by atoms with Crippen molar-refractivity contribution in [3.05, 3.63) is 108 Å². The molecule has 38 heavy (non-hydrogen) atoms. The topological polar surface area (TPSA) is 60.0 Å². The zero-order valence-corrected chi connectivity index (χ0v) is 22.4. The summed E-state index contributed by atoms with van der Waals surface area (Å²) in [7, 11) is 0. The summed E-state index contributed by atoms with van der Waals surface area (Å²) >= 11 is 0. The fourth-order valence-corrected chi connectivity index (χ4v) is 4.98. The van der Waals surface area contributed by atoms with Gasteiger partial charge in [-0.3, -0.25) is 0 Å². The smallest absolute Gasteiger partial charge is 0.121 e. The molecule has 1 fully saturated rings. The van der Waals surface area contributed by atoms with Crippen molar-refractivity contribution < 1.29 is 19.3 Å². The predicted octanol–water partition coefficient (Wildman–Crippen LogP) is 6.62. The van der Waals surface area contributed by atoms with Crippen molar-refractivity contribution in [1.29, 1.82) is 0 Å². The number of halogens is 1. The van der Waals surface area contributed by atoms with Gasteiger partial charge >= 0.3 is 0 Å². The second-order valence-corrected chi connectivity index (χ2v) is 9.54. The molecule has 0 saturated carbocycles. The molecule has 2 atom stereocenters. The summed E-state index contributed by atoms with van der Waals surface area (Å²) in [4.78, 5) is 0. The standard InChI is InChI=1S/C32H35NO4.ClH/c34-31-16-13-25-9-4-5-10-28(25)30(31)23-37-32-21-33-18-17-29(32)26-11-14-27(15-12-26)36-20-6-19-35-22-24-7-2-1-3-8-24;/h1-5,7-16,29,32-34H,6,17-23H2;1H. The minimum atomic E-state index is 0. The van der Waals surface area contributed by atoms with E-state index in [0.717, 1.165) is 48.0 Å². The van der Waals surface area contributed by atoms with Crippen LogP contribution in [0.25, 0.3) is 10.8 Å². The largest absolute Gasteiger partial charge is 0.508 e.